The van der Waals surface area contributed by atoms with Crippen LogP contribution in [0.15, 0.2) is 176 Å². The number of rotatable bonds is 8. The Morgan fingerprint density at radius 2 is 1.14 bits per heavy atom. The van der Waals surface area contributed by atoms with Crippen molar-refractivity contribution >= 4 is 44.6 Å². The van der Waals surface area contributed by atoms with E-state index in [9.17, 15) is 8.22 Å². The van der Waals surface area contributed by atoms with E-state index >= 15 is 0 Å². The molecule has 80 heavy (non-hydrogen) atoms. The van der Waals surface area contributed by atoms with Gasteiger partial charge in [-0.2, -0.15) is 12.1 Å². The van der Waals surface area contributed by atoms with Crippen molar-refractivity contribution in [1.82, 2.24) is 9.55 Å². The predicted molar refractivity (Wildman–Crippen MR) is 332 cm³/mol. The minimum atomic E-state index is -0.771. The number of anilines is 4. The van der Waals surface area contributed by atoms with Gasteiger partial charge in [0.25, 0.3) is 0 Å². The summed E-state index contributed by atoms with van der Waals surface area (Å²) < 4.78 is 120. The average molecular weight is 1240 g/mol. The Morgan fingerprint density at radius 3 is 1.81 bits per heavy atom. The van der Waals surface area contributed by atoms with Crippen LogP contribution in [0.2, 0.25) is 0 Å². The maximum Gasteiger partial charge on any atom is 0.135 e. The van der Waals surface area contributed by atoms with Gasteiger partial charge >= 0.3 is 0 Å². The molecule has 2 aromatic heterocycles. The first-order valence-electron chi connectivity index (χ1n) is 33.3. The molecule has 5 nitrogen and oxygen atoms in total. The van der Waals surface area contributed by atoms with E-state index in [0.717, 1.165) is 46.5 Å². The van der Waals surface area contributed by atoms with Gasteiger partial charge in [-0.05, 0) is 138 Å². The molecule has 0 amide bonds. The zero-order valence-corrected chi connectivity index (χ0v) is 50.1. The summed E-state index contributed by atoms with van der Waals surface area (Å²) >= 11 is 0. The van der Waals surface area contributed by atoms with Gasteiger partial charge in [0, 0.05) is 72.5 Å². The molecular weight excluding hydrogens is 1160 g/mol. The van der Waals surface area contributed by atoms with Crippen LogP contribution in [0.3, 0.4) is 0 Å². The standard InChI is InChI=1S/C74H73N4O.Pt/c1-70(2,3)52-32-29-49(30-33-52)48-25-27-50(28-26-48)60-42-54(72(7,8)9)43-61(51-31-36-62-63(41-51)74(12,13)39-38-73(62,10)11)69(60)77-47-76(65-23-16-17-24-66(65)77)55-19-18-20-56(45-55)79-57-34-35-59-58-21-14-15-22-64(58)78(67(59)46-57)68-44-53(37-40-75-68)71(4,5)6;/h14-37,40-44,47H,38-39H2,1-13H3;/q-3;/i14D,15D,21D,22D,25D,26D,27D,28D,29D,30D,32D,33D;. The Bertz CT molecular complexity index is 4670. The Balaban J connectivity index is 0.00000867. The van der Waals surface area contributed by atoms with Crippen LogP contribution in [-0.2, 0) is 48.1 Å². The van der Waals surface area contributed by atoms with E-state index in [1.807, 2.05) is 71.1 Å². The summed E-state index contributed by atoms with van der Waals surface area (Å²) in [6.07, 6.45) is 3.69. The molecule has 0 unspecified atom stereocenters. The van der Waals surface area contributed by atoms with Crippen LogP contribution in [0.5, 0.6) is 11.5 Å². The van der Waals surface area contributed by atoms with Crippen LogP contribution in [0.4, 0.5) is 22.7 Å². The van der Waals surface area contributed by atoms with E-state index in [1.165, 1.54) is 11.1 Å². The van der Waals surface area contributed by atoms with Crippen LogP contribution >= 0.6 is 0 Å². The Morgan fingerprint density at radius 1 is 0.537 bits per heavy atom. The number of hydrogen-bond acceptors (Lipinski definition) is 4. The minimum absolute atomic E-state index is 0. The third-order valence-corrected chi connectivity index (χ3v) is 15.9. The van der Waals surface area contributed by atoms with Gasteiger partial charge in [0.1, 0.15) is 5.82 Å². The molecule has 0 fully saturated rings. The van der Waals surface area contributed by atoms with Crippen molar-refractivity contribution in [3.63, 3.8) is 0 Å². The van der Waals surface area contributed by atoms with Gasteiger partial charge in [-0.25, -0.2) is 4.98 Å². The third kappa shape index (κ3) is 9.99. The fourth-order valence-electron chi connectivity index (χ4n) is 11.0. The number of hydrogen-bond donors (Lipinski definition) is 0. The molecule has 0 radical (unpaired) electrons. The summed E-state index contributed by atoms with van der Waals surface area (Å²) in [6.45, 7) is 29.1. The summed E-state index contributed by atoms with van der Waals surface area (Å²) in [5.41, 5.74) is 7.48. The molecule has 408 valence electrons. The molecule has 0 spiro atoms. The quantitative estimate of drug-likeness (QED) is 0.142. The number of aromatic nitrogens is 2. The monoisotopic (exact) mass is 1240 g/mol. The second-order valence-corrected chi connectivity index (χ2v) is 25.6. The average Bonchev–Trinajstić information content (AvgIpc) is 1.33. The maximum atomic E-state index is 10.1. The first-order valence-corrected chi connectivity index (χ1v) is 27.3. The normalized spacial score (nSPS) is 17.1. The summed E-state index contributed by atoms with van der Waals surface area (Å²) in [7, 11) is 0. The second kappa shape index (κ2) is 20.1. The molecule has 0 saturated heterocycles. The molecule has 0 bridgehead atoms. The van der Waals surface area contributed by atoms with Crippen LogP contribution in [0.1, 0.15) is 147 Å². The summed E-state index contributed by atoms with van der Waals surface area (Å²) in [6, 6.07) is 34.1. The summed E-state index contributed by atoms with van der Waals surface area (Å²) in [4.78, 5) is 8.76. The predicted octanol–water partition coefficient (Wildman–Crippen LogP) is 20.2. The smallest absolute Gasteiger partial charge is 0.135 e. The SMILES string of the molecule is [2H]c1c([2H])c(-c2c([2H])c([2H])c(C(C)(C)C)c([2H])c2[2H])c([2H])c([2H])c1-c1cc(C(C)(C)C)cc(-c2ccc3c(c2)C(C)(C)CCC3(C)C)c1N1[CH-]N(c2[c-]c(Oc3[c-]c4c(cc3)c3c([2H])c([2H])c([2H])c([2H])c3n4-c3cc(C(C)(C)C)ccn3)ccc2)c2ccccc21.[Pt]. The largest absolute Gasteiger partial charge is 0.509 e. The van der Waals surface area contributed by atoms with Crippen LogP contribution in [-0.4, -0.2) is 9.55 Å². The first-order chi connectivity index (χ1) is 42.5. The van der Waals surface area contributed by atoms with Crippen molar-refractivity contribution in [1.29, 1.82) is 0 Å². The van der Waals surface area contributed by atoms with E-state index in [0.29, 0.717) is 44.8 Å². The van der Waals surface area contributed by atoms with Crippen molar-refractivity contribution in [2.75, 3.05) is 9.80 Å². The van der Waals surface area contributed by atoms with Crippen LogP contribution in [0, 0.1) is 18.8 Å². The van der Waals surface area contributed by atoms with E-state index in [4.69, 9.17) is 17.9 Å². The van der Waals surface area contributed by atoms with Crippen molar-refractivity contribution < 1.29 is 42.3 Å². The van der Waals surface area contributed by atoms with E-state index in [1.54, 1.807) is 49.7 Å². The zero-order chi connectivity index (χ0) is 65.8. The van der Waals surface area contributed by atoms with Gasteiger partial charge in [-0.15, -0.1) is 48.1 Å². The fraction of sp³-hybridized carbons (Fsp3) is 0.270. The number of benzene rings is 8. The number of fused-ring (bicyclic) bond motifs is 5. The number of nitrogens with zero attached hydrogens (tertiary/aromatic N) is 4. The van der Waals surface area contributed by atoms with Gasteiger partial charge in [0.2, 0.25) is 0 Å². The molecule has 2 aliphatic rings. The van der Waals surface area contributed by atoms with Crippen molar-refractivity contribution in [2.24, 2.45) is 0 Å². The molecule has 0 atom stereocenters. The maximum absolute atomic E-state index is 10.1. The molecule has 6 heteroatoms. The molecule has 3 heterocycles. The van der Waals surface area contributed by atoms with E-state index in [2.05, 4.69) is 106 Å². The number of pyridine rings is 1. The molecule has 12 rings (SSSR count). The molecule has 1 aliphatic heterocycles. The molecule has 10 aromatic rings. The van der Waals surface area contributed by atoms with Crippen molar-refractivity contribution in [3.05, 3.63) is 222 Å². The van der Waals surface area contributed by atoms with Crippen molar-refractivity contribution in [2.45, 2.75) is 130 Å². The van der Waals surface area contributed by atoms with Crippen molar-refractivity contribution in [3.8, 4) is 50.7 Å². The molecule has 8 aromatic carbocycles. The molecule has 1 aliphatic carbocycles. The van der Waals surface area contributed by atoms with Crippen LogP contribution < -0.4 is 14.5 Å². The van der Waals surface area contributed by atoms with Crippen LogP contribution in [0.25, 0.3) is 61.0 Å². The first kappa shape index (κ1) is 41.8. The van der Waals surface area contributed by atoms with E-state index < -0.39 is 47.1 Å². The Kier molecular flexibility index (Phi) is 10.5. The second-order valence-electron chi connectivity index (χ2n) is 25.6. The number of ether oxygens (including phenoxy) is 1. The van der Waals surface area contributed by atoms with Gasteiger partial charge < -0.3 is 19.1 Å². The van der Waals surface area contributed by atoms with Gasteiger partial charge in [0.15, 0.2) is 0 Å². The number of para-hydroxylation sites is 3. The third-order valence-electron chi connectivity index (χ3n) is 15.9. The molecular formula is C74H73N4OPt-3. The van der Waals surface area contributed by atoms with Gasteiger partial charge in [-0.1, -0.05) is 192 Å². The summed E-state index contributed by atoms with van der Waals surface area (Å²) in [5, 5.41) is 0.876. The fourth-order valence-corrected chi connectivity index (χ4v) is 11.0. The van der Waals surface area contributed by atoms with Gasteiger partial charge in [0.05, 0.1) is 16.4 Å². The Labute approximate surface area is 506 Å². The Hall–Kier alpha value is -7.20. The molecule has 0 saturated carbocycles. The molecule has 0 N–H and O–H groups in total. The van der Waals surface area contributed by atoms with E-state index in [-0.39, 0.29) is 107 Å². The topological polar surface area (TPSA) is 33.5 Å². The minimum Gasteiger partial charge on any atom is -0.509 e. The summed E-state index contributed by atoms with van der Waals surface area (Å²) in [5.74, 6) is 1.07. The zero-order valence-electron chi connectivity index (χ0n) is 59.8. The van der Waals surface area contributed by atoms with Gasteiger partial charge in [-0.3, -0.25) is 0 Å².